The fourth-order valence-corrected chi connectivity index (χ4v) is 5.47. The average Bonchev–Trinajstić information content (AvgIpc) is 3.30. The number of nitrogens with zero attached hydrogens (tertiary/aromatic N) is 2. The van der Waals surface area contributed by atoms with E-state index in [4.69, 9.17) is 14.5 Å². The maximum absolute atomic E-state index is 14.1. The van der Waals surface area contributed by atoms with Gasteiger partial charge in [0.1, 0.15) is 19.0 Å². The second kappa shape index (κ2) is 8.94. The summed E-state index contributed by atoms with van der Waals surface area (Å²) in [7, 11) is 0. The molecule has 7 nitrogen and oxygen atoms in total. The molecule has 39 heavy (non-hydrogen) atoms. The van der Waals surface area contributed by atoms with Crippen molar-refractivity contribution >= 4 is 16.9 Å². The number of aromatic nitrogens is 2. The number of hydrogen-bond acceptors (Lipinski definition) is 6. The van der Waals surface area contributed by atoms with Crippen LogP contribution in [0.5, 0.6) is 5.75 Å². The van der Waals surface area contributed by atoms with Crippen LogP contribution in [0.15, 0.2) is 41.2 Å². The number of carbonyl (C=O) groups is 1. The molecule has 0 saturated heterocycles. The second-order valence-electron chi connectivity index (χ2n) is 9.68. The number of hydrogen-bond donors (Lipinski definition) is 1. The van der Waals surface area contributed by atoms with Crippen molar-refractivity contribution in [2.75, 3.05) is 0 Å². The predicted octanol–water partition coefficient (Wildman–Crippen LogP) is 4.64. The van der Waals surface area contributed by atoms with Gasteiger partial charge in [0.25, 0.3) is 5.56 Å². The number of carbonyl (C=O) groups excluding carboxylic acids is 1. The predicted molar refractivity (Wildman–Crippen MR) is 135 cm³/mol. The van der Waals surface area contributed by atoms with Gasteiger partial charge < -0.3 is 19.1 Å². The van der Waals surface area contributed by atoms with Gasteiger partial charge in [-0.25, -0.2) is 22.9 Å². The van der Waals surface area contributed by atoms with E-state index in [9.17, 15) is 27.9 Å². The van der Waals surface area contributed by atoms with Crippen molar-refractivity contribution in [3.8, 4) is 17.1 Å². The van der Waals surface area contributed by atoms with Crippen molar-refractivity contribution in [2.24, 2.45) is 0 Å². The van der Waals surface area contributed by atoms with Crippen LogP contribution < -0.4 is 10.3 Å². The zero-order chi connectivity index (χ0) is 27.6. The lowest BCUT2D eigenvalue weighted by atomic mass is 9.86. The molecule has 4 aromatic rings. The number of benzene rings is 2. The summed E-state index contributed by atoms with van der Waals surface area (Å²) in [6.45, 7) is 3.37. The lowest BCUT2D eigenvalue weighted by Gasteiger charge is -2.31. The minimum atomic E-state index is -1.91. The Kier molecular flexibility index (Phi) is 5.76. The Morgan fingerprint density at radius 2 is 1.87 bits per heavy atom. The summed E-state index contributed by atoms with van der Waals surface area (Å²) in [5, 5.41) is 11.8. The Balaban J connectivity index is 1.43. The molecule has 0 bridgehead atoms. The SMILES string of the molecule is CCc1c2c(nc3ccc(OCc4ccc(F)c(F)c4F)cc13)-c1cc3c(c(=O)n1C2)COC(=O)C3(O)CC. The van der Waals surface area contributed by atoms with Gasteiger partial charge >= 0.3 is 5.97 Å². The number of fused-ring (bicyclic) bond motifs is 5. The van der Waals surface area contributed by atoms with E-state index in [-0.39, 0.29) is 48.4 Å². The third-order valence-electron chi connectivity index (χ3n) is 7.64. The van der Waals surface area contributed by atoms with Crippen LogP contribution in [0.25, 0.3) is 22.3 Å². The van der Waals surface area contributed by atoms with Gasteiger partial charge in [-0.15, -0.1) is 0 Å². The summed E-state index contributed by atoms with van der Waals surface area (Å²) < 4.78 is 53.3. The number of halogens is 3. The molecule has 0 amide bonds. The highest BCUT2D eigenvalue weighted by atomic mass is 19.2. The molecule has 2 aromatic heterocycles. The van der Waals surface area contributed by atoms with Crippen LogP contribution in [0.4, 0.5) is 13.2 Å². The Labute approximate surface area is 220 Å². The van der Waals surface area contributed by atoms with E-state index >= 15 is 0 Å². The maximum Gasteiger partial charge on any atom is 0.343 e. The monoisotopic (exact) mass is 536 g/mol. The van der Waals surface area contributed by atoms with E-state index in [1.165, 1.54) is 0 Å². The van der Waals surface area contributed by atoms with Gasteiger partial charge in [-0.2, -0.15) is 0 Å². The summed E-state index contributed by atoms with van der Waals surface area (Å²) >= 11 is 0. The van der Waals surface area contributed by atoms with Gasteiger partial charge in [-0.1, -0.05) is 13.8 Å². The maximum atomic E-state index is 14.1. The van der Waals surface area contributed by atoms with E-state index in [1.807, 2.05) is 6.92 Å². The van der Waals surface area contributed by atoms with Crippen molar-refractivity contribution in [3.05, 3.63) is 92.0 Å². The van der Waals surface area contributed by atoms with Crippen LogP contribution in [0.1, 0.15) is 48.1 Å². The summed E-state index contributed by atoms with van der Waals surface area (Å²) in [6, 6.07) is 8.76. The first-order chi connectivity index (χ1) is 18.7. The van der Waals surface area contributed by atoms with Crippen LogP contribution >= 0.6 is 0 Å². The van der Waals surface area contributed by atoms with Crippen molar-refractivity contribution < 1.29 is 32.5 Å². The highest BCUT2D eigenvalue weighted by Crippen LogP contribution is 2.40. The molecule has 2 aromatic carbocycles. The number of aliphatic hydroxyl groups is 1. The Bertz CT molecular complexity index is 1770. The summed E-state index contributed by atoms with van der Waals surface area (Å²) in [6.07, 6.45) is 0.655. The zero-order valence-corrected chi connectivity index (χ0v) is 21.1. The Morgan fingerprint density at radius 1 is 1.08 bits per heavy atom. The molecule has 0 fully saturated rings. The standard InChI is InChI=1S/C29H23F3N2O5/c1-3-16-17-9-15(38-12-14-5-7-21(30)25(32)24(14)31)6-8-22(17)33-26-18(16)11-34-23(26)10-20-19(27(34)35)13-39-28(36)29(20,37)4-2/h5-10,37H,3-4,11-13H2,1-2H3. The highest BCUT2D eigenvalue weighted by Gasteiger charge is 2.45. The molecular weight excluding hydrogens is 513 g/mol. The summed E-state index contributed by atoms with van der Waals surface area (Å²) in [5.74, 6) is -4.51. The molecule has 4 heterocycles. The van der Waals surface area contributed by atoms with Crippen LogP contribution in [0, 0.1) is 17.5 Å². The zero-order valence-electron chi connectivity index (χ0n) is 21.1. The largest absolute Gasteiger partial charge is 0.489 e. The van der Waals surface area contributed by atoms with Crippen LogP contribution in [0.3, 0.4) is 0 Å². The van der Waals surface area contributed by atoms with Gasteiger partial charge in [0.15, 0.2) is 23.1 Å². The van der Waals surface area contributed by atoms with Gasteiger partial charge in [-0.3, -0.25) is 4.79 Å². The Morgan fingerprint density at radius 3 is 2.62 bits per heavy atom. The average molecular weight is 537 g/mol. The van der Waals surface area contributed by atoms with Crippen LogP contribution in [-0.2, 0) is 41.3 Å². The molecule has 0 spiro atoms. The smallest absolute Gasteiger partial charge is 0.343 e. The second-order valence-corrected chi connectivity index (χ2v) is 9.68. The first kappa shape index (κ1) is 25.1. The minimum Gasteiger partial charge on any atom is -0.489 e. The molecule has 0 aliphatic carbocycles. The molecule has 2 aliphatic heterocycles. The third kappa shape index (κ3) is 3.65. The van der Waals surface area contributed by atoms with E-state index in [2.05, 4.69) is 0 Å². The molecular formula is C29H23F3N2O5. The molecule has 2 aliphatic rings. The lowest BCUT2D eigenvalue weighted by molar-refractivity contribution is -0.172. The number of cyclic esters (lactones) is 1. The number of rotatable bonds is 5. The first-order valence-corrected chi connectivity index (χ1v) is 12.6. The molecule has 0 saturated carbocycles. The Hall–Kier alpha value is -4.18. The van der Waals surface area contributed by atoms with Crippen LogP contribution in [0.2, 0.25) is 0 Å². The van der Waals surface area contributed by atoms with E-state index in [1.54, 1.807) is 35.8 Å². The van der Waals surface area contributed by atoms with E-state index in [0.29, 0.717) is 29.1 Å². The van der Waals surface area contributed by atoms with Crippen molar-refractivity contribution in [3.63, 3.8) is 0 Å². The van der Waals surface area contributed by atoms with E-state index in [0.717, 1.165) is 28.6 Å². The van der Waals surface area contributed by atoms with Crippen LogP contribution in [-0.4, -0.2) is 20.6 Å². The topological polar surface area (TPSA) is 90.6 Å². The highest BCUT2D eigenvalue weighted by molar-refractivity contribution is 5.90. The number of ether oxygens (including phenoxy) is 2. The molecule has 1 unspecified atom stereocenters. The van der Waals surface area contributed by atoms with Gasteiger partial charge in [0.2, 0.25) is 0 Å². The minimum absolute atomic E-state index is 0.0528. The quantitative estimate of drug-likeness (QED) is 0.260. The van der Waals surface area contributed by atoms with Crippen molar-refractivity contribution in [1.82, 2.24) is 9.55 Å². The number of aryl methyl sites for hydroxylation is 1. The number of pyridine rings is 2. The molecule has 10 heteroatoms. The normalized spacial score (nSPS) is 17.5. The molecule has 1 N–H and O–H groups in total. The molecule has 0 radical (unpaired) electrons. The third-order valence-corrected chi connectivity index (χ3v) is 7.64. The van der Waals surface area contributed by atoms with Crippen molar-refractivity contribution in [2.45, 2.75) is 52.0 Å². The molecule has 6 rings (SSSR count). The van der Waals surface area contributed by atoms with E-state index < -0.39 is 29.0 Å². The first-order valence-electron chi connectivity index (χ1n) is 12.6. The van der Waals surface area contributed by atoms with Gasteiger partial charge in [-0.05, 0) is 54.8 Å². The number of esters is 1. The molecule has 200 valence electrons. The van der Waals surface area contributed by atoms with Gasteiger partial charge in [0.05, 0.1) is 29.0 Å². The fraction of sp³-hybridized carbons (Fsp3) is 0.276. The van der Waals surface area contributed by atoms with Gasteiger partial charge in [0, 0.05) is 22.1 Å². The summed E-state index contributed by atoms with van der Waals surface area (Å²) in [5.41, 5.74) is 1.62. The fourth-order valence-electron chi connectivity index (χ4n) is 5.47. The molecule has 1 atom stereocenters. The summed E-state index contributed by atoms with van der Waals surface area (Å²) in [4.78, 5) is 30.7. The lowest BCUT2D eigenvalue weighted by Crippen LogP contribution is -2.44. The van der Waals surface area contributed by atoms with Crippen molar-refractivity contribution in [1.29, 1.82) is 0 Å².